The van der Waals surface area contributed by atoms with Gasteiger partial charge in [-0.25, -0.2) is 8.42 Å². The largest absolute Gasteiger partial charge is 0.296 e. The number of carbonyl (C=O) groups is 1. The highest BCUT2D eigenvalue weighted by atomic mass is 35.5. The van der Waals surface area contributed by atoms with Crippen LogP contribution in [0.15, 0.2) is 48.5 Å². The molecule has 1 N–H and O–H groups in total. The Hall–Kier alpha value is -2.49. The van der Waals surface area contributed by atoms with Crippen LogP contribution in [0.4, 0.5) is 10.8 Å². The first kappa shape index (κ1) is 19.3. The number of halogens is 1. The maximum absolute atomic E-state index is 12.4. The van der Waals surface area contributed by atoms with Gasteiger partial charge in [0.25, 0.3) is 5.91 Å². The molecule has 0 aliphatic rings. The van der Waals surface area contributed by atoms with E-state index in [1.807, 2.05) is 12.1 Å². The summed E-state index contributed by atoms with van der Waals surface area (Å²) >= 11 is 7.11. The van der Waals surface area contributed by atoms with Gasteiger partial charge in [0.05, 0.1) is 11.9 Å². The molecule has 0 unspecified atom stereocenters. The van der Waals surface area contributed by atoms with E-state index in [4.69, 9.17) is 11.6 Å². The molecule has 0 bridgehead atoms. The number of hydrogen-bond donors (Lipinski definition) is 1. The minimum atomic E-state index is -3.36. The van der Waals surface area contributed by atoms with Crippen LogP contribution < -0.4 is 9.62 Å². The quantitative estimate of drug-likeness (QED) is 0.679. The first-order valence-corrected chi connectivity index (χ1v) is 10.7. The molecule has 0 aliphatic carbocycles. The Labute approximate surface area is 165 Å². The molecule has 3 aromatic rings. The molecule has 1 aromatic heterocycles. The average Bonchev–Trinajstić information content (AvgIpc) is 3.09. The van der Waals surface area contributed by atoms with Crippen LogP contribution in [-0.4, -0.2) is 37.8 Å². The van der Waals surface area contributed by atoms with Gasteiger partial charge in [-0.05, 0) is 36.4 Å². The van der Waals surface area contributed by atoms with Crippen molar-refractivity contribution in [1.82, 2.24) is 10.2 Å². The van der Waals surface area contributed by atoms with Gasteiger partial charge in [-0.15, -0.1) is 10.2 Å². The van der Waals surface area contributed by atoms with Gasteiger partial charge in [-0.2, -0.15) is 0 Å². The second kappa shape index (κ2) is 7.63. The van der Waals surface area contributed by atoms with Crippen molar-refractivity contribution in [2.24, 2.45) is 0 Å². The predicted octanol–water partition coefficient (Wildman–Crippen LogP) is 3.51. The van der Waals surface area contributed by atoms with E-state index in [2.05, 4.69) is 15.5 Å². The highest BCUT2D eigenvalue weighted by Gasteiger charge is 2.14. The van der Waals surface area contributed by atoms with Gasteiger partial charge < -0.3 is 0 Å². The molecule has 0 saturated carbocycles. The van der Waals surface area contributed by atoms with Crippen LogP contribution >= 0.6 is 22.9 Å². The normalized spacial score (nSPS) is 11.2. The molecule has 27 heavy (non-hydrogen) atoms. The van der Waals surface area contributed by atoms with Gasteiger partial charge in [-0.1, -0.05) is 35.1 Å². The molecule has 2 aromatic carbocycles. The monoisotopic (exact) mass is 422 g/mol. The summed E-state index contributed by atoms with van der Waals surface area (Å²) in [6.07, 6.45) is 1.11. The van der Waals surface area contributed by atoms with Gasteiger partial charge in [0.2, 0.25) is 15.2 Å². The highest BCUT2D eigenvalue weighted by Crippen LogP contribution is 2.27. The van der Waals surface area contributed by atoms with Crippen molar-refractivity contribution in [3.05, 3.63) is 59.1 Å². The molecule has 0 atom stereocenters. The Morgan fingerprint density at radius 1 is 1.07 bits per heavy atom. The summed E-state index contributed by atoms with van der Waals surface area (Å²) in [4.78, 5) is 12.4. The van der Waals surface area contributed by atoms with Crippen LogP contribution in [0.2, 0.25) is 5.02 Å². The Balaban J connectivity index is 1.71. The lowest BCUT2D eigenvalue weighted by molar-refractivity contribution is 0.102. The van der Waals surface area contributed by atoms with E-state index >= 15 is 0 Å². The summed E-state index contributed by atoms with van der Waals surface area (Å²) in [6.45, 7) is 0. The van der Waals surface area contributed by atoms with Crippen LogP contribution in [0, 0.1) is 0 Å². The molecule has 7 nitrogen and oxygen atoms in total. The predicted molar refractivity (Wildman–Crippen MR) is 108 cm³/mol. The fourth-order valence-corrected chi connectivity index (χ4v) is 3.54. The second-order valence-corrected chi connectivity index (χ2v) is 9.08. The molecule has 0 saturated heterocycles. The summed E-state index contributed by atoms with van der Waals surface area (Å²) < 4.78 is 24.2. The van der Waals surface area contributed by atoms with Gasteiger partial charge in [0, 0.05) is 23.2 Å². The van der Waals surface area contributed by atoms with E-state index < -0.39 is 10.0 Å². The maximum atomic E-state index is 12.4. The number of anilines is 2. The summed E-state index contributed by atoms with van der Waals surface area (Å²) in [5.41, 5.74) is 1.70. The lowest BCUT2D eigenvalue weighted by Crippen LogP contribution is -2.24. The van der Waals surface area contributed by atoms with Crippen molar-refractivity contribution in [3.8, 4) is 10.6 Å². The molecule has 1 amide bonds. The van der Waals surface area contributed by atoms with Crippen molar-refractivity contribution < 1.29 is 13.2 Å². The van der Waals surface area contributed by atoms with Gasteiger partial charge in [-0.3, -0.25) is 14.4 Å². The molecule has 1 heterocycles. The third-order valence-corrected chi connectivity index (χ3v) is 6.07. The molecular weight excluding hydrogens is 408 g/mol. The first-order valence-electron chi connectivity index (χ1n) is 7.69. The van der Waals surface area contributed by atoms with E-state index in [0.29, 0.717) is 26.4 Å². The number of benzene rings is 2. The number of amides is 1. The lowest BCUT2D eigenvalue weighted by Gasteiger charge is -2.16. The van der Waals surface area contributed by atoms with Gasteiger partial charge in [0.1, 0.15) is 5.01 Å². The average molecular weight is 423 g/mol. The molecular formula is C17H15ClN4O3S2. The molecule has 10 heteroatoms. The zero-order valence-electron chi connectivity index (χ0n) is 14.4. The standard InChI is InChI=1S/C17H15ClN4O3S2/c1-22(27(2,24)25)14-9-5-11(6-10-14)15(23)19-17-21-20-16(26-17)12-3-7-13(18)8-4-12/h3-10H,1-2H3,(H,19,21,23). The lowest BCUT2D eigenvalue weighted by atomic mass is 10.2. The molecule has 3 rings (SSSR count). The van der Waals surface area contributed by atoms with Crippen LogP contribution in [0.5, 0.6) is 0 Å². The summed E-state index contributed by atoms with van der Waals surface area (Å²) in [7, 11) is -1.91. The Kier molecular flexibility index (Phi) is 5.45. The van der Waals surface area contributed by atoms with Crippen molar-refractivity contribution in [3.63, 3.8) is 0 Å². The minimum Gasteiger partial charge on any atom is -0.296 e. The van der Waals surface area contributed by atoms with E-state index in [9.17, 15) is 13.2 Å². The number of nitrogens with zero attached hydrogens (tertiary/aromatic N) is 3. The third-order valence-electron chi connectivity index (χ3n) is 3.73. The summed E-state index contributed by atoms with van der Waals surface area (Å²) in [5.74, 6) is -0.359. The zero-order chi connectivity index (χ0) is 19.6. The smallest absolute Gasteiger partial charge is 0.257 e. The molecule has 0 fully saturated rings. The minimum absolute atomic E-state index is 0.359. The van der Waals surface area contributed by atoms with Crippen molar-refractivity contribution in [2.45, 2.75) is 0 Å². The van der Waals surface area contributed by atoms with Crippen LogP contribution in [-0.2, 0) is 10.0 Å². The summed E-state index contributed by atoms with van der Waals surface area (Å²) in [5, 5.41) is 12.4. The van der Waals surface area contributed by atoms with Crippen LogP contribution in [0.1, 0.15) is 10.4 Å². The Bertz CT molecular complexity index is 1060. The fraction of sp³-hybridized carbons (Fsp3) is 0.118. The zero-order valence-corrected chi connectivity index (χ0v) is 16.8. The molecule has 0 radical (unpaired) electrons. The third kappa shape index (κ3) is 4.62. The highest BCUT2D eigenvalue weighted by molar-refractivity contribution is 7.92. The number of rotatable bonds is 5. The molecule has 140 valence electrons. The number of sulfonamides is 1. The van der Waals surface area contributed by atoms with Crippen molar-refractivity contribution in [2.75, 3.05) is 22.9 Å². The Morgan fingerprint density at radius 2 is 1.70 bits per heavy atom. The van der Waals surface area contributed by atoms with E-state index in [-0.39, 0.29) is 5.91 Å². The van der Waals surface area contributed by atoms with Crippen molar-refractivity contribution in [1.29, 1.82) is 0 Å². The number of carbonyl (C=O) groups excluding carboxylic acids is 1. The SMILES string of the molecule is CN(c1ccc(C(=O)Nc2nnc(-c3ccc(Cl)cc3)s2)cc1)S(C)(=O)=O. The first-order chi connectivity index (χ1) is 12.7. The fourth-order valence-electron chi connectivity index (χ4n) is 2.17. The molecule has 0 spiro atoms. The van der Waals surface area contributed by atoms with Gasteiger partial charge in [0.15, 0.2) is 0 Å². The van der Waals surface area contributed by atoms with E-state index in [1.54, 1.807) is 36.4 Å². The van der Waals surface area contributed by atoms with Gasteiger partial charge >= 0.3 is 0 Å². The Morgan fingerprint density at radius 3 is 2.30 bits per heavy atom. The van der Waals surface area contributed by atoms with Crippen LogP contribution in [0.3, 0.4) is 0 Å². The maximum Gasteiger partial charge on any atom is 0.257 e. The van der Waals surface area contributed by atoms with E-state index in [0.717, 1.165) is 16.1 Å². The number of hydrogen-bond acceptors (Lipinski definition) is 6. The van der Waals surface area contributed by atoms with Crippen LogP contribution in [0.25, 0.3) is 10.6 Å². The topological polar surface area (TPSA) is 92.3 Å². The number of aromatic nitrogens is 2. The second-order valence-electron chi connectivity index (χ2n) is 5.65. The van der Waals surface area contributed by atoms with Crippen molar-refractivity contribution >= 4 is 49.7 Å². The van der Waals surface area contributed by atoms with E-state index in [1.165, 1.54) is 18.4 Å². The summed E-state index contributed by atoms with van der Waals surface area (Å²) in [6, 6.07) is 13.4. The molecule has 0 aliphatic heterocycles. The number of nitrogens with one attached hydrogen (secondary N) is 1.